The first-order chi connectivity index (χ1) is 13.9. The Morgan fingerprint density at radius 1 is 1.07 bits per heavy atom. The van der Waals surface area contributed by atoms with Gasteiger partial charge in [0, 0.05) is 28.0 Å². The van der Waals surface area contributed by atoms with Gasteiger partial charge in [-0.3, -0.25) is 14.7 Å². The average molecular weight is 408 g/mol. The molecule has 146 valence electrons. The number of aromatic nitrogens is 4. The smallest absolute Gasteiger partial charge is 0.274 e. The minimum absolute atomic E-state index is 0.145. The maximum Gasteiger partial charge on any atom is 0.274 e. The second-order valence-electron chi connectivity index (χ2n) is 6.78. The summed E-state index contributed by atoms with van der Waals surface area (Å²) < 4.78 is 1.27. The normalized spacial score (nSPS) is 11.0. The number of nitrogens with zero attached hydrogens (tertiary/aromatic N) is 4. The van der Waals surface area contributed by atoms with Gasteiger partial charge in [-0.25, -0.2) is 4.98 Å². The van der Waals surface area contributed by atoms with Crippen LogP contribution in [-0.2, 0) is 6.54 Å². The number of hydrogen-bond acceptors (Lipinski definition) is 4. The molecular formula is C21H18ClN5O2. The maximum atomic E-state index is 13.2. The van der Waals surface area contributed by atoms with Crippen LogP contribution in [0.4, 0.5) is 5.69 Å². The molecule has 2 aromatic carbocycles. The number of nitrogens with one attached hydrogen (secondary N) is 1. The summed E-state index contributed by atoms with van der Waals surface area (Å²) in [6, 6.07) is 15.8. The van der Waals surface area contributed by atoms with E-state index in [-0.39, 0.29) is 23.8 Å². The van der Waals surface area contributed by atoms with Crippen LogP contribution in [0, 0.1) is 13.8 Å². The highest BCUT2D eigenvalue weighted by molar-refractivity contribution is 6.30. The van der Waals surface area contributed by atoms with Crippen LogP contribution in [0.3, 0.4) is 0 Å². The summed E-state index contributed by atoms with van der Waals surface area (Å²) in [5, 5.41) is 3.49. The van der Waals surface area contributed by atoms with E-state index >= 15 is 0 Å². The van der Waals surface area contributed by atoms with Crippen LogP contribution in [0.15, 0.2) is 59.4 Å². The van der Waals surface area contributed by atoms with Crippen LogP contribution in [0.2, 0.25) is 5.02 Å². The molecule has 2 aromatic heterocycles. The van der Waals surface area contributed by atoms with E-state index in [1.165, 1.54) is 10.6 Å². The summed E-state index contributed by atoms with van der Waals surface area (Å²) in [4.78, 5) is 35.6. The predicted octanol–water partition coefficient (Wildman–Crippen LogP) is 3.53. The number of rotatable bonds is 4. The molecule has 0 saturated heterocycles. The molecule has 4 rings (SSSR count). The molecule has 29 heavy (non-hydrogen) atoms. The summed E-state index contributed by atoms with van der Waals surface area (Å²) in [5.41, 5.74) is 2.63. The number of H-pyrrole nitrogens is 1. The zero-order valence-corrected chi connectivity index (χ0v) is 16.6. The molecule has 0 fully saturated rings. The SMILES string of the molecule is Cc1ccc(N(Cc2nc3nc(C)cc(=O)n3[nH]2)C(=O)c2ccc(Cl)cc2)cc1. The topological polar surface area (TPSA) is 83.4 Å². The molecule has 1 amide bonds. The molecule has 0 aliphatic rings. The van der Waals surface area contributed by atoms with Crippen molar-refractivity contribution in [1.29, 1.82) is 0 Å². The Labute approximate surface area is 171 Å². The Morgan fingerprint density at radius 3 is 2.45 bits per heavy atom. The Bertz CT molecular complexity index is 1240. The van der Waals surface area contributed by atoms with E-state index < -0.39 is 0 Å². The molecule has 0 radical (unpaired) electrons. The average Bonchev–Trinajstić information content (AvgIpc) is 3.10. The van der Waals surface area contributed by atoms with Gasteiger partial charge >= 0.3 is 0 Å². The van der Waals surface area contributed by atoms with Crippen LogP contribution in [0.1, 0.15) is 27.4 Å². The standard InChI is InChI=1S/C21H18ClN5O2/c1-13-3-9-17(10-4-13)26(20(29)15-5-7-16(22)8-6-15)12-18-24-21-23-14(2)11-19(28)27(21)25-18/h3-11H,12H2,1-2H3,(H,23,24,25). The van der Waals surface area contributed by atoms with Gasteiger partial charge in [0.2, 0.25) is 0 Å². The molecule has 0 saturated carbocycles. The van der Waals surface area contributed by atoms with Gasteiger partial charge in [0.15, 0.2) is 0 Å². The van der Waals surface area contributed by atoms with Gasteiger partial charge in [0.05, 0.1) is 6.54 Å². The summed E-state index contributed by atoms with van der Waals surface area (Å²) in [6.45, 7) is 3.86. The predicted molar refractivity (Wildman–Crippen MR) is 111 cm³/mol. The minimum atomic E-state index is -0.253. The highest BCUT2D eigenvalue weighted by Gasteiger charge is 2.20. The number of anilines is 1. The van der Waals surface area contributed by atoms with Crippen molar-refractivity contribution in [3.8, 4) is 0 Å². The van der Waals surface area contributed by atoms with Crippen molar-refractivity contribution in [2.24, 2.45) is 0 Å². The van der Waals surface area contributed by atoms with E-state index in [1.807, 2.05) is 31.2 Å². The Morgan fingerprint density at radius 2 is 1.76 bits per heavy atom. The first kappa shape index (κ1) is 18.9. The lowest BCUT2D eigenvalue weighted by molar-refractivity contribution is 0.0984. The van der Waals surface area contributed by atoms with E-state index in [1.54, 1.807) is 36.1 Å². The molecule has 0 aliphatic heterocycles. The Hall–Kier alpha value is -3.45. The number of carbonyl (C=O) groups is 1. The van der Waals surface area contributed by atoms with Gasteiger partial charge in [0.1, 0.15) is 5.82 Å². The van der Waals surface area contributed by atoms with Crippen molar-refractivity contribution in [3.05, 3.63) is 92.6 Å². The number of aryl methyl sites for hydroxylation is 2. The number of halogens is 1. The monoisotopic (exact) mass is 407 g/mol. The molecule has 7 nitrogen and oxygen atoms in total. The van der Waals surface area contributed by atoms with Gasteiger partial charge in [-0.05, 0) is 50.2 Å². The second kappa shape index (κ2) is 7.52. The number of aromatic amines is 1. The van der Waals surface area contributed by atoms with Gasteiger partial charge in [-0.15, -0.1) is 0 Å². The van der Waals surface area contributed by atoms with Crippen LogP contribution < -0.4 is 10.5 Å². The van der Waals surface area contributed by atoms with Crippen molar-refractivity contribution < 1.29 is 4.79 Å². The largest absolute Gasteiger partial charge is 0.301 e. The van der Waals surface area contributed by atoms with E-state index in [9.17, 15) is 9.59 Å². The highest BCUT2D eigenvalue weighted by atomic mass is 35.5. The second-order valence-corrected chi connectivity index (χ2v) is 7.21. The number of amides is 1. The fourth-order valence-electron chi connectivity index (χ4n) is 3.01. The summed E-state index contributed by atoms with van der Waals surface area (Å²) >= 11 is 5.95. The van der Waals surface area contributed by atoms with E-state index in [2.05, 4.69) is 15.1 Å². The van der Waals surface area contributed by atoms with Crippen molar-refractivity contribution in [1.82, 2.24) is 19.6 Å². The first-order valence-electron chi connectivity index (χ1n) is 9.00. The fourth-order valence-corrected chi connectivity index (χ4v) is 3.14. The van der Waals surface area contributed by atoms with E-state index in [4.69, 9.17) is 11.6 Å². The minimum Gasteiger partial charge on any atom is -0.301 e. The fraction of sp³-hybridized carbons (Fsp3) is 0.143. The quantitative estimate of drug-likeness (QED) is 0.561. The van der Waals surface area contributed by atoms with Gasteiger partial charge < -0.3 is 4.90 Å². The van der Waals surface area contributed by atoms with Crippen molar-refractivity contribution in [2.75, 3.05) is 4.90 Å². The zero-order valence-electron chi connectivity index (χ0n) is 15.9. The molecule has 0 bridgehead atoms. The van der Waals surface area contributed by atoms with Crippen LogP contribution >= 0.6 is 11.6 Å². The number of hydrogen-bond donors (Lipinski definition) is 1. The molecule has 0 unspecified atom stereocenters. The molecular weight excluding hydrogens is 390 g/mol. The lowest BCUT2D eigenvalue weighted by atomic mass is 10.1. The van der Waals surface area contributed by atoms with Gasteiger partial charge in [0.25, 0.3) is 17.2 Å². The van der Waals surface area contributed by atoms with Crippen molar-refractivity contribution >= 4 is 29.0 Å². The van der Waals surface area contributed by atoms with Gasteiger partial charge in [-0.1, -0.05) is 29.3 Å². The number of carbonyl (C=O) groups excluding carboxylic acids is 1. The van der Waals surface area contributed by atoms with Crippen LogP contribution in [-0.4, -0.2) is 25.5 Å². The van der Waals surface area contributed by atoms with Crippen LogP contribution in [0.5, 0.6) is 0 Å². The van der Waals surface area contributed by atoms with Gasteiger partial charge in [-0.2, -0.15) is 9.50 Å². The third-order valence-electron chi connectivity index (χ3n) is 4.49. The molecule has 8 heteroatoms. The lowest BCUT2D eigenvalue weighted by Crippen LogP contribution is -2.31. The van der Waals surface area contributed by atoms with Crippen LogP contribution in [0.25, 0.3) is 5.78 Å². The highest BCUT2D eigenvalue weighted by Crippen LogP contribution is 2.21. The molecule has 2 heterocycles. The molecule has 0 aliphatic carbocycles. The lowest BCUT2D eigenvalue weighted by Gasteiger charge is -2.22. The number of fused-ring (bicyclic) bond motifs is 1. The van der Waals surface area contributed by atoms with E-state index in [0.717, 1.165) is 5.56 Å². The summed E-state index contributed by atoms with van der Waals surface area (Å²) in [5.74, 6) is 0.512. The molecule has 1 N–H and O–H groups in total. The third-order valence-corrected chi connectivity index (χ3v) is 4.75. The van der Waals surface area contributed by atoms with Crippen molar-refractivity contribution in [2.45, 2.75) is 20.4 Å². The zero-order chi connectivity index (χ0) is 20.5. The number of benzene rings is 2. The third kappa shape index (κ3) is 3.90. The molecule has 4 aromatic rings. The Kier molecular flexibility index (Phi) is 4.90. The molecule has 0 spiro atoms. The summed E-state index contributed by atoms with van der Waals surface area (Å²) in [6.07, 6.45) is 0. The maximum absolute atomic E-state index is 13.2. The summed E-state index contributed by atoms with van der Waals surface area (Å²) in [7, 11) is 0. The Balaban J connectivity index is 1.75. The van der Waals surface area contributed by atoms with E-state index in [0.29, 0.717) is 27.8 Å². The molecule has 0 atom stereocenters. The van der Waals surface area contributed by atoms with Crippen molar-refractivity contribution in [3.63, 3.8) is 0 Å². The first-order valence-corrected chi connectivity index (χ1v) is 9.38.